The summed E-state index contributed by atoms with van der Waals surface area (Å²) in [5, 5.41) is 12.2. The van der Waals surface area contributed by atoms with E-state index in [1.807, 2.05) is 85.7 Å². The molecule has 2 aliphatic rings. The molecule has 0 bridgehead atoms. The van der Waals surface area contributed by atoms with Crippen LogP contribution < -0.4 is 30.7 Å². The minimum absolute atomic E-state index is 0.00747. The van der Waals surface area contributed by atoms with E-state index in [0.29, 0.717) is 52.8 Å². The summed E-state index contributed by atoms with van der Waals surface area (Å²) in [7, 11) is 5.12. The Morgan fingerprint density at radius 1 is 0.821 bits per heavy atom. The highest BCUT2D eigenvalue weighted by atomic mass is 16.5. The van der Waals surface area contributed by atoms with Crippen molar-refractivity contribution >= 4 is 46.4 Å². The number of nitrogens with one attached hydrogen (secondary N) is 4. The SMILES string of the molecule is COc1cc2c(cc1OCCCC(=O)Nc1cc(C(=O)Nc3ccc(-c4cc(C(=O)Nc5ccccc5)n(C)c4)cc3C)n(C)c1)NC[C@@H]1CCCCN1C2=O. The smallest absolute Gasteiger partial charge is 0.272 e. The van der Waals surface area contributed by atoms with Crippen LogP contribution in [0.3, 0.4) is 0 Å². The lowest BCUT2D eigenvalue weighted by atomic mass is 10.0. The Balaban J connectivity index is 0.912. The van der Waals surface area contributed by atoms with E-state index in [1.54, 1.807) is 41.6 Å². The maximum atomic E-state index is 13.4. The van der Waals surface area contributed by atoms with E-state index >= 15 is 0 Å². The van der Waals surface area contributed by atoms with E-state index < -0.39 is 0 Å². The first kappa shape index (κ1) is 37.8. The molecular formula is C43H47N7O6. The van der Waals surface area contributed by atoms with Crippen molar-refractivity contribution in [3.8, 4) is 22.6 Å². The van der Waals surface area contributed by atoms with Gasteiger partial charge in [-0.3, -0.25) is 19.2 Å². The van der Waals surface area contributed by atoms with E-state index in [2.05, 4.69) is 21.3 Å². The number of piperidine rings is 1. The summed E-state index contributed by atoms with van der Waals surface area (Å²) in [5.41, 5.74) is 6.70. The molecule has 4 amide bonds. The Morgan fingerprint density at radius 2 is 1.59 bits per heavy atom. The van der Waals surface area contributed by atoms with Crippen LogP contribution in [-0.4, -0.2) is 70.5 Å². The minimum atomic E-state index is -0.321. The minimum Gasteiger partial charge on any atom is -0.493 e. The molecule has 0 spiro atoms. The number of hydrogen-bond donors (Lipinski definition) is 4. The third-order valence-electron chi connectivity index (χ3n) is 10.4. The van der Waals surface area contributed by atoms with Crippen molar-refractivity contribution in [2.24, 2.45) is 14.1 Å². The van der Waals surface area contributed by atoms with Crippen molar-refractivity contribution in [3.63, 3.8) is 0 Å². The number of amides is 4. The fourth-order valence-corrected chi connectivity index (χ4v) is 7.35. The number of benzene rings is 3. The zero-order valence-corrected chi connectivity index (χ0v) is 32.1. The summed E-state index contributed by atoms with van der Waals surface area (Å²) in [6.07, 6.45) is 7.35. The number of rotatable bonds is 12. The molecule has 2 aliphatic heterocycles. The number of ether oxygens (including phenoxy) is 2. The number of aromatic nitrogens is 2. The van der Waals surface area contributed by atoms with Gasteiger partial charge in [0, 0.05) is 75.0 Å². The zero-order chi connectivity index (χ0) is 39.3. The molecule has 56 heavy (non-hydrogen) atoms. The summed E-state index contributed by atoms with van der Waals surface area (Å²) in [6.45, 7) is 3.63. The molecule has 4 N–H and O–H groups in total. The van der Waals surface area contributed by atoms with E-state index in [4.69, 9.17) is 9.47 Å². The monoisotopic (exact) mass is 757 g/mol. The largest absolute Gasteiger partial charge is 0.493 e. The molecule has 1 saturated heterocycles. The Morgan fingerprint density at radius 3 is 2.38 bits per heavy atom. The third-order valence-corrected chi connectivity index (χ3v) is 10.4. The van der Waals surface area contributed by atoms with Gasteiger partial charge in [-0.15, -0.1) is 0 Å². The quantitative estimate of drug-likeness (QED) is 0.0996. The number of hydrogen-bond acceptors (Lipinski definition) is 7. The maximum Gasteiger partial charge on any atom is 0.272 e. The van der Waals surface area contributed by atoms with Crippen LogP contribution in [0.2, 0.25) is 0 Å². The lowest BCUT2D eigenvalue weighted by Crippen LogP contribution is -2.45. The van der Waals surface area contributed by atoms with Crippen LogP contribution in [0.25, 0.3) is 11.1 Å². The fraction of sp³-hybridized carbons (Fsp3) is 0.302. The molecule has 0 unspecified atom stereocenters. The van der Waals surface area contributed by atoms with Crippen molar-refractivity contribution < 1.29 is 28.7 Å². The van der Waals surface area contributed by atoms with Crippen LogP contribution in [0.4, 0.5) is 22.7 Å². The second-order valence-electron chi connectivity index (χ2n) is 14.3. The second-order valence-corrected chi connectivity index (χ2v) is 14.3. The predicted octanol–water partition coefficient (Wildman–Crippen LogP) is 7.07. The molecule has 290 valence electrons. The van der Waals surface area contributed by atoms with E-state index in [0.717, 1.165) is 53.9 Å². The van der Waals surface area contributed by atoms with Crippen LogP contribution in [0.15, 0.2) is 85.2 Å². The summed E-state index contributed by atoms with van der Waals surface area (Å²) >= 11 is 0. The zero-order valence-electron chi connectivity index (χ0n) is 32.1. The predicted molar refractivity (Wildman–Crippen MR) is 217 cm³/mol. The van der Waals surface area contributed by atoms with Crippen molar-refractivity contribution in [1.82, 2.24) is 14.0 Å². The van der Waals surface area contributed by atoms with Gasteiger partial charge in [-0.2, -0.15) is 0 Å². The van der Waals surface area contributed by atoms with Gasteiger partial charge >= 0.3 is 0 Å². The average molecular weight is 758 g/mol. The summed E-state index contributed by atoms with van der Waals surface area (Å²) in [5.74, 6) is 0.246. The first-order valence-electron chi connectivity index (χ1n) is 18.9. The Bertz CT molecular complexity index is 2280. The van der Waals surface area contributed by atoms with Crippen molar-refractivity contribution in [2.75, 3.05) is 48.1 Å². The molecular weight excluding hydrogens is 711 g/mol. The van der Waals surface area contributed by atoms with Gasteiger partial charge < -0.3 is 44.8 Å². The first-order valence-corrected chi connectivity index (χ1v) is 18.9. The number of nitrogens with zero attached hydrogens (tertiary/aromatic N) is 3. The highest BCUT2D eigenvalue weighted by Gasteiger charge is 2.32. The molecule has 0 radical (unpaired) electrons. The lowest BCUT2D eigenvalue weighted by Gasteiger charge is -2.34. The van der Waals surface area contributed by atoms with E-state index in [1.165, 1.54) is 0 Å². The highest BCUT2D eigenvalue weighted by molar-refractivity contribution is 6.06. The maximum absolute atomic E-state index is 13.4. The second kappa shape index (κ2) is 16.5. The van der Waals surface area contributed by atoms with Gasteiger partial charge in [0.05, 0.1) is 30.7 Å². The number of fused-ring (bicyclic) bond motifs is 2. The van der Waals surface area contributed by atoms with Crippen LogP contribution in [0, 0.1) is 6.92 Å². The van der Waals surface area contributed by atoms with Crippen LogP contribution in [0.1, 0.15) is 69.0 Å². The molecule has 4 heterocycles. The number of para-hydroxylation sites is 1. The average Bonchev–Trinajstić information content (AvgIpc) is 3.74. The van der Waals surface area contributed by atoms with Gasteiger partial charge in [-0.25, -0.2) is 0 Å². The van der Waals surface area contributed by atoms with Crippen LogP contribution in [-0.2, 0) is 18.9 Å². The molecule has 0 saturated carbocycles. The molecule has 1 atom stereocenters. The van der Waals surface area contributed by atoms with Crippen molar-refractivity contribution in [1.29, 1.82) is 0 Å². The third kappa shape index (κ3) is 8.26. The van der Waals surface area contributed by atoms with Crippen molar-refractivity contribution in [2.45, 2.75) is 45.1 Å². The van der Waals surface area contributed by atoms with Crippen LogP contribution >= 0.6 is 0 Å². The Labute approximate surface area is 326 Å². The summed E-state index contributed by atoms with van der Waals surface area (Å²) < 4.78 is 15.1. The van der Waals surface area contributed by atoms with Gasteiger partial charge in [0.2, 0.25) is 5.91 Å². The Kier molecular flexibility index (Phi) is 11.1. The van der Waals surface area contributed by atoms with Gasteiger partial charge in [0.15, 0.2) is 11.5 Å². The number of carbonyl (C=O) groups is 4. The van der Waals surface area contributed by atoms with Crippen molar-refractivity contribution in [3.05, 3.63) is 108 Å². The summed E-state index contributed by atoms with van der Waals surface area (Å²) in [4.78, 5) is 54.4. The standard InChI is InChI=1S/C43H47N7O6/c1-27-19-28(29-20-36(48(2)25-29)41(52)46-30-11-6-5-7-12-30)15-16-34(27)47-42(53)37-21-31(26-49(37)3)45-40(51)14-10-18-56-39-23-35-33(22-38(39)55-4)43(54)50-17-9-8-13-32(50)24-44-35/h5-7,11-12,15-16,19-23,25-26,32,44H,8-10,13-14,17-18,24H2,1-4H3,(H,45,51)(H,46,52)(H,47,53)/t32-/m0/s1. The molecule has 13 heteroatoms. The van der Waals surface area contributed by atoms with Gasteiger partial charge in [-0.1, -0.05) is 24.3 Å². The van der Waals surface area contributed by atoms with E-state index in [9.17, 15) is 19.2 Å². The molecule has 2 aromatic heterocycles. The normalized spacial score (nSPS) is 14.8. The van der Waals surface area contributed by atoms with Gasteiger partial charge in [0.25, 0.3) is 17.7 Å². The molecule has 3 aromatic carbocycles. The van der Waals surface area contributed by atoms with Crippen LogP contribution in [0.5, 0.6) is 11.5 Å². The molecule has 13 nitrogen and oxygen atoms in total. The number of carbonyl (C=O) groups excluding carboxylic acids is 4. The fourth-order valence-electron chi connectivity index (χ4n) is 7.35. The number of anilines is 4. The van der Waals surface area contributed by atoms with Gasteiger partial charge in [0.1, 0.15) is 11.4 Å². The van der Waals surface area contributed by atoms with E-state index in [-0.39, 0.29) is 42.7 Å². The summed E-state index contributed by atoms with van der Waals surface area (Å²) in [6, 6.07) is 22.2. The molecule has 1 fully saturated rings. The number of methoxy groups -OCH3 is 1. The molecule has 5 aromatic rings. The highest BCUT2D eigenvalue weighted by Crippen LogP contribution is 2.37. The first-order chi connectivity index (χ1) is 27.1. The number of aryl methyl sites for hydroxylation is 3. The van der Waals surface area contributed by atoms with Gasteiger partial charge in [-0.05, 0) is 86.2 Å². The molecule has 0 aliphatic carbocycles. The lowest BCUT2D eigenvalue weighted by molar-refractivity contribution is -0.116. The topological polar surface area (TPSA) is 148 Å². The molecule has 7 rings (SSSR count). The Hall–Kier alpha value is -6.50.